The third-order valence-corrected chi connectivity index (χ3v) is 3.24. The van der Waals surface area contributed by atoms with Crippen LogP contribution < -0.4 is 5.32 Å². The average molecular weight is 320 g/mol. The summed E-state index contributed by atoms with van der Waals surface area (Å²) in [4.78, 5) is 10.3. The first kappa shape index (κ1) is 15.7. The van der Waals surface area contributed by atoms with Gasteiger partial charge < -0.3 is 5.32 Å². The number of alkyl halides is 3. The van der Waals surface area contributed by atoms with Crippen LogP contribution in [0.3, 0.4) is 0 Å². The predicted octanol–water partition coefficient (Wildman–Crippen LogP) is 2.05. The number of amides is 1. The second-order valence-corrected chi connectivity index (χ2v) is 5.92. The maximum absolute atomic E-state index is 13.1. The van der Waals surface area contributed by atoms with E-state index >= 15 is 0 Å². The minimum absolute atomic E-state index is 0.454. The highest BCUT2D eigenvalue weighted by atomic mass is 35.7. The molecule has 4 nitrogen and oxygen atoms in total. The van der Waals surface area contributed by atoms with Gasteiger partial charge in [-0.25, -0.2) is 12.8 Å². The predicted molar refractivity (Wildman–Crippen MR) is 57.8 cm³/mol. The molecule has 19 heavy (non-hydrogen) atoms. The number of carbonyl (C=O) groups is 1. The van der Waals surface area contributed by atoms with Gasteiger partial charge in [-0.15, -0.1) is 0 Å². The SMILES string of the molecule is O=C(NCC(F)(F)F)c1ccc(F)c(S(=O)(=O)Cl)c1. The van der Waals surface area contributed by atoms with Gasteiger partial charge in [0.25, 0.3) is 15.0 Å². The van der Waals surface area contributed by atoms with Crippen LogP contribution in [-0.4, -0.2) is 27.0 Å². The molecule has 0 unspecified atom stereocenters. The average Bonchev–Trinajstić information content (AvgIpc) is 2.24. The highest BCUT2D eigenvalue weighted by molar-refractivity contribution is 8.13. The van der Waals surface area contributed by atoms with Crippen molar-refractivity contribution in [2.75, 3.05) is 6.54 Å². The smallest absolute Gasteiger partial charge is 0.343 e. The molecular formula is C9H6ClF4NO3S. The van der Waals surface area contributed by atoms with Gasteiger partial charge in [-0.3, -0.25) is 4.79 Å². The highest BCUT2D eigenvalue weighted by Crippen LogP contribution is 2.20. The monoisotopic (exact) mass is 319 g/mol. The molecule has 0 saturated carbocycles. The van der Waals surface area contributed by atoms with Gasteiger partial charge in [-0.1, -0.05) is 0 Å². The van der Waals surface area contributed by atoms with E-state index in [0.29, 0.717) is 12.1 Å². The van der Waals surface area contributed by atoms with E-state index in [4.69, 9.17) is 10.7 Å². The maximum Gasteiger partial charge on any atom is 0.405 e. The van der Waals surface area contributed by atoms with Crippen molar-refractivity contribution < 1.29 is 30.8 Å². The fraction of sp³-hybridized carbons (Fsp3) is 0.222. The summed E-state index contributed by atoms with van der Waals surface area (Å²) in [5.74, 6) is -2.40. The zero-order valence-corrected chi connectivity index (χ0v) is 10.5. The van der Waals surface area contributed by atoms with Crippen molar-refractivity contribution in [1.29, 1.82) is 0 Å². The minimum Gasteiger partial charge on any atom is -0.343 e. The molecule has 0 aromatic heterocycles. The zero-order valence-electron chi connectivity index (χ0n) is 8.96. The Morgan fingerprint density at radius 2 is 1.89 bits per heavy atom. The van der Waals surface area contributed by atoms with Crippen molar-refractivity contribution in [1.82, 2.24) is 5.32 Å². The Bertz CT molecular complexity index is 600. The number of nitrogens with one attached hydrogen (secondary N) is 1. The third-order valence-electron chi connectivity index (χ3n) is 1.91. The molecule has 0 aliphatic rings. The Hall–Kier alpha value is -1.35. The summed E-state index contributed by atoms with van der Waals surface area (Å²) in [5.41, 5.74) is -0.454. The van der Waals surface area contributed by atoms with Crippen LogP contribution in [0.15, 0.2) is 23.1 Å². The van der Waals surface area contributed by atoms with Crippen molar-refractivity contribution >= 4 is 25.6 Å². The molecule has 1 amide bonds. The quantitative estimate of drug-likeness (QED) is 0.685. The molecule has 0 radical (unpaired) electrons. The summed E-state index contributed by atoms with van der Waals surface area (Å²) in [5, 5.41) is 1.51. The van der Waals surface area contributed by atoms with Gasteiger partial charge in [-0.2, -0.15) is 13.2 Å². The molecule has 0 bridgehead atoms. The highest BCUT2D eigenvalue weighted by Gasteiger charge is 2.28. The number of hydrogen-bond donors (Lipinski definition) is 1. The molecule has 1 N–H and O–H groups in total. The number of hydrogen-bond acceptors (Lipinski definition) is 3. The van der Waals surface area contributed by atoms with E-state index in [-0.39, 0.29) is 0 Å². The van der Waals surface area contributed by atoms with Crippen LogP contribution in [0.2, 0.25) is 0 Å². The topological polar surface area (TPSA) is 63.2 Å². The van der Waals surface area contributed by atoms with Gasteiger partial charge in [0.15, 0.2) is 0 Å². The van der Waals surface area contributed by atoms with E-state index in [1.54, 1.807) is 0 Å². The van der Waals surface area contributed by atoms with Gasteiger partial charge in [0.05, 0.1) is 0 Å². The number of rotatable bonds is 3. The molecule has 0 fully saturated rings. The van der Waals surface area contributed by atoms with E-state index in [2.05, 4.69) is 0 Å². The van der Waals surface area contributed by atoms with E-state index in [0.717, 1.165) is 6.07 Å². The lowest BCUT2D eigenvalue weighted by Gasteiger charge is -2.09. The largest absolute Gasteiger partial charge is 0.405 e. The van der Waals surface area contributed by atoms with Crippen LogP contribution >= 0.6 is 10.7 Å². The fourth-order valence-electron chi connectivity index (χ4n) is 1.11. The number of benzene rings is 1. The van der Waals surface area contributed by atoms with Crippen molar-refractivity contribution in [3.63, 3.8) is 0 Å². The summed E-state index contributed by atoms with van der Waals surface area (Å²) < 4.78 is 70.7. The first-order valence-corrected chi connectivity index (χ1v) is 6.91. The molecule has 106 valence electrons. The molecule has 0 aliphatic heterocycles. The third kappa shape index (κ3) is 4.67. The molecular weight excluding hydrogens is 314 g/mol. The van der Waals surface area contributed by atoms with Crippen molar-refractivity contribution in [3.8, 4) is 0 Å². The van der Waals surface area contributed by atoms with Gasteiger partial charge >= 0.3 is 6.18 Å². The molecule has 1 aromatic carbocycles. The van der Waals surface area contributed by atoms with Crippen LogP contribution in [0.25, 0.3) is 0 Å². The summed E-state index contributed by atoms with van der Waals surface area (Å²) in [6.07, 6.45) is -4.61. The second-order valence-electron chi connectivity index (χ2n) is 3.38. The lowest BCUT2D eigenvalue weighted by molar-refractivity contribution is -0.123. The number of halogens is 5. The maximum atomic E-state index is 13.1. The first-order valence-electron chi connectivity index (χ1n) is 4.60. The summed E-state index contributed by atoms with van der Waals surface area (Å²) in [6.45, 7) is -1.59. The Kier molecular flexibility index (Phi) is 4.41. The van der Waals surface area contributed by atoms with Crippen molar-refractivity contribution in [2.24, 2.45) is 0 Å². The van der Waals surface area contributed by atoms with Crippen LogP contribution in [-0.2, 0) is 9.05 Å². The van der Waals surface area contributed by atoms with Gasteiger partial charge in [0, 0.05) is 16.2 Å². The van der Waals surface area contributed by atoms with Gasteiger partial charge in [0.2, 0.25) is 0 Å². The molecule has 0 atom stereocenters. The first-order chi connectivity index (χ1) is 8.50. The van der Waals surface area contributed by atoms with Crippen LogP contribution in [0.1, 0.15) is 10.4 Å². The lowest BCUT2D eigenvalue weighted by atomic mass is 10.2. The molecule has 1 aromatic rings. The molecule has 0 aliphatic carbocycles. The molecule has 0 saturated heterocycles. The Balaban J connectivity index is 3.00. The van der Waals surface area contributed by atoms with Crippen LogP contribution in [0, 0.1) is 5.82 Å². The fourth-order valence-corrected chi connectivity index (χ4v) is 2.04. The summed E-state index contributed by atoms with van der Waals surface area (Å²) in [6, 6.07) is 2.02. The molecule has 0 heterocycles. The van der Waals surface area contributed by atoms with E-state index < -0.39 is 44.0 Å². The number of carbonyl (C=O) groups excluding carboxylic acids is 1. The minimum atomic E-state index is -4.61. The van der Waals surface area contributed by atoms with Crippen LogP contribution in [0.4, 0.5) is 17.6 Å². The summed E-state index contributed by atoms with van der Waals surface area (Å²) >= 11 is 0. The molecule has 10 heteroatoms. The zero-order chi connectivity index (χ0) is 14.8. The van der Waals surface area contributed by atoms with E-state index in [1.165, 1.54) is 5.32 Å². The Labute approximate surface area is 109 Å². The molecule has 0 spiro atoms. The van der Waals surface area contributed by atoms with Crippen molar-refractivity contribution in [3.05, 3.63) is 29.6 Å². The van der Waals surface area contributed by atoms with Gasteiger partial charge in [-0.05, 0) is 18.2 Å². The Morgan fingerprint density at radius 1 is 1.32 bits per heavy atom. The Morgan fingerprint density at radius 3 is 2.37 bits per heavy atom. The van der Waals surface area contributed by atoms with Crippen molar-refractivity contribution in [2.45, 2.75) is 11.1 Å². The van der Waals surface area contributed by atoms with Crippen LogP contribution in [0.5, 0.6) is 0 Å². The molecule has 1 rings (SSSR count). The second kappa shape index (κ2) is 5.33. The summed E-state index contributed by atoms with van der Waals surface area (Å²) in [7, 11) is 0.473. The van der Waals surface area contributed by atoms with E-state index in [1.807, 2.05) is 0 Å². The lowest BCUT2D eigenvalue weighted by Crippen LogP contribution is -2.33. The van der Waals surface area contributed by atoms with Gasteiger partial charge in [0.1, 0.15) is 17.3 Å². The standard InChI is InChI=1S/C9H6ClF4NO3S/c10-19(17,18)7-3-5(1-2-6(7)11)8(16)15-4-9(12,13)14/h1-3H,4H2,(H,15,16). The normalized spacial score (nSPS) is 12.3. The van der Waals surface area contributed by atoms with E-state index in [9.17, 15) is 30.8 Å².